The van der Waals surface area contributed by atoms with E-state index in [0.717, 1.165) is 36.5 Å². The van der Waals surface area contributed by atoms with Crippen molar-refractivity contribution in [1.82, 2.24) is 4.98 Å². The summed E-state index contributed by atoms with van der Waals surface area (Å²) in [5.41, 5.74) is 2.16. The summed E-state index contributed by atoms with van der Waals surface area (Å²) in [7, 11) is 0. The minimum absolute atomic E-state index is 0.170. The Hall–Kier alpha value is -4.23. The molecular weight excluding hydrogens is 500 g/mol. The predicted octanol–water partition coefficient (Wildman–Crippen LogP) is 8.37. The topological polar surface area (TPSA) is 12.9 Å². The van der Waals surface area contributed by atoms with Gasteiger partial charge < -0.3 is 0 Å². The van der Waals surface area contributed by atoms with E-state index in [1.54, 1.807) is 12.1 Å². The van der Waals surface area contributed by atoms with Crippen molar-refractivity contribution in [1.29, 1.82) is 0 Å². The van der Waals surface area contributed by atoms with E-state index in [2.05, 4.69) is 35.9 Å². The quantitative estimate of drug-likeness (QED) is 0.146. The number of hydrogen-bond donors (Lipinski definition) is 0. The lowest BCUT2D eigenvalue weighted by Gasteiger charge is -2.08. The molecule has 1 heterocycles. The van der Waals surface area contributed by atoms with Crippen molar-refractivity contribution in [3.63, 3.8) is 0 Å². The minimum Gasteiger partial charge on any atom is -0.255 e. The summed E-state index contributed by atoms with van der Waals surface area (Å²) in [4.78, 5) is 4.28. The van der Waals surface area contributed by atoms with Gasteiger partial charge >= 0.3 is 6.18 Å². The first-order chi connectivity index (χ1) is 18.1. The number of aromatic nitrogens is 1. The fourth-order valence-electron chi connectivity index (χ4n) is 3.92. The number of fused-ring (bicyclic) bond motifs is 1. The van der Waals surface area contributed by atoms with Gasteiger partial charge in [-0.2, -0.15) is 13.2 Å². The smallest absolute Gasteiger partial charge is 0.255 e. The van der Waals surface area contributed by atoms with E-state index >= 15 is 0 Å². The molecule has 38 heavy (non-hydrogen) atoms. The second kappa shape index (κ2) is 11.4. The van der Waals surface area contributed by atoms with E-state index in [4.69, 9.17) is 0 Å². The maximum Gasteiger partial charge on any atom is 0.458 e. The molecule has 0 unspecified atom stereocenters. The van der Waals surface area contributed by atoms with Crippen LogP contribution in [0.5, 0.6) is 0 Å². The Balaban J connectivity index is 1.57. The standard InChI is InChI=1S/C31H21F6N/c1-2-3-4-5-20-6-8-21(9-7-20)10-11-22-12-13-28(38-19-22)23-16-24-18-26(32)25(14-15-31(35,36)37)30(34)29(24)27(33)17-23/h6-9,12-13,16-19H,2-5H2,1H3. The second-order valence-corrected chi connectivity index (χ2v) is 8.69. The lowest BCUT2D eigenvalue weighted by Crippen LogP contribution is -2.03. The summed E-state index contributed by atoms with van der Waals surface area (Å²) in [5.74, 6) is 4.42. The van der Waals surface area contributed by atoms with Crippen molar-refractivity contribution in [2.75, 3.05) is 0 Å². The van der Waals surface area contributed by atoms with Gasteiger partial charge in [0.2, 0.25) is 0 Å². The van der Waals surface area contributed by atoms with Crippen LogP contribution in [0.2, 0.25) is 0 Å². The number of pyridine rings is 1. The molecule has 3 aromatic carbocycles. The van der Waals surface area contributed by atoms with Crippen LogP contribution in [0.25, 0.3) is 22.0 Å². The zero-order chi connectivity index (χ0) is 27.3. The Morgan fingerprint density at radius 3 is 2.16 bits per heavy atom. The van der Waals surface area contributed by atoms with Crippen molar-refractivity contribution in [2.24, 2.45) is 0 Å². The predicted molar refractivity (Wildman–Crippen MR) is 136 cm³/mol. The lowest BCUT2D eigenvalue weighted by molar-refractivity contribution is -0.0696. The Morgan fingerprint density at radius 1 is 0.789 bits per heavy atom. The molecule has 0 radical (unpaired) electrons. The second-order valence-electron chi connectivity index (χ2n) is 8.69. The fourth-order valence-corrected chi connectivity index (χ4v) is 3.92. The molecule has 7 heteroatoms. The zero-order valence-corrected chi connectivity index (χ0v) is 20.3. The van der Waals surface area contributed by atoms with Gasteiger partial charge in [0.05, 0.1) is 16.6 Å². The Labute approximate surface area is 216 Å². The molecule has 1 nitrogen and oxygen atoms in total. The molecule has 0 saturated heterocycles. The number of unbranched alkanes of at least 4 members (excludes halogenated alkanes) is 2. The van der Waals surface area contributed by atoms with Crippen LogP contribution in [-0.2, 0) is 6.42 Å². The van der Waals surface area contributed by atoms with E-state index in [9.17, 15) is 26.3 Å². The van der Waals surface area contributed by atoms with Gasteiger partial charge in [-0.3, -0.25) is 4.98 Å². The first-order valence-electron chi connectivity index (χ1n) is 11.9. The van der Waals surface area contributed by atoms with Crippen LogP contribution in [0.15, 0.2) is 60.8 Å². The number of hydrogen-bond acceptors (Lipinski definition) is 1. The van der Waals surface area contributed by atoms with Crippen LogP contribution in [0, 0.1) is 41.1 Å². The van der Waals surface area contributed by atoms with Gasteiger partial charge in [0.15, 0.2) is 5.82 Å². The third kappa shape index (κ3) is 6.55. The number of rotatable bonds is 5. The summed E-state index contributed by atoms with van der Waals surface area (Å²) in [6.45, 7) is 2.17. The molecular formula is C31H21F6N. The summed E-state index contributed by atoms with van der Waals surface area (Å²) < 4.78 is 80.9. The van der Waals surface area contributed by atoms with Crippen LogP contribution in [-0.4, -0.2) is 11.2 Å². The summed E-state index contributed by atoms with van der Waals surface area (Å²) in [6, 6.07) is 14.4. The normalized spacial score (nSPS) is 11.0. The largest absolute Gasteiger partial charge is 0.458 e. The van der Waals surface area contributed by atoms with Gasteiger partial charge in [-0.15, -0.1) is 0 Å². The van der Waals surface area contributed by atoms with E-state index in [1.807, 2.05) is 12.1 Å². The summed E-state index contributed by atoms with van der Waals surface area (Å²) in [5, 5.41) is -0.822. The number of halogens is 6. The number of aryl methyl sites for hydroxylation is 1. The van der Waals surface area contributed by atoms with Gasteiger partial charge in [-0.1, -0.05) is 49.7 Å². The van der Waals surface area contributed by atoms with Crippen LogP contribution in [0.1, 0.15) is 48.4 Å². The zero-order valence-electron chi connectivity index (χ0n) is 20.3. The third-order valence-corrected chi connectivity index (χ3v) is 5.84. The molecule has 0 saturated carbocycles. The highest BCUT2D eigenvalue weighted by Gasteiger charge is 2.24. The molecule has 0 spiro atoms. The molecule has 4 rings (SSSR count). The maximum atomic E-state index is 14.8. The molecule has 0 aliphatic heterocycles. The number of alkyl halides is 3. The first-order valence-corrected chi connectivity index (χ1v) is 11.9. The molecule has 4 aromatic rings. The third-order valence-electron chi connectivity index (χ3n) is 5.84. The molecule has 0 atom stereocenters. The van der Waals surface area contributed by atoms with E-state index < -0.39 is 34.6 Å². The van der Waals surface area contributed by atoms with Crippen molar-refractivity contribution >= 4 is 10.8 Å². The minimum atomic E-state index is -4.95. The van der Waals surface area contributed by atoms with Crippen LogP contribution in [0.3, 0.4) is 0 Å². The van der Waals surface area contributed by atoms with Gasteiger partial charge in [0.1, 0.15) is 11.6 Å². The van der Waals surface area contributed by atoms with Gasteiger partial charge in [0.25, 0.3) is 0 Å². The highest BCUT2D eigenvalue weighted by atomic mass is 19.4. The van der Waals surface area contributed by atoms with Gasteiger partial charge in [0, 0.05) is 28.8 Å². The van der Waals surface area contributed by atoms with E-state index in [1.165, 1.54) is 36.6 Å². The van der Waals surface area contributed by atoms with Crippen molar-refractivity contribution < 1.29 is 26.3 Å². The average molecular weight is 522 g/mol. The summed E-state index contributed by atoms with van der Waals surface area (Å²) >= 11 is 0. The molecule has 0 aliphatic carbocycles. The maximum absolute atomic E-state index is 14.8. The Kier molecular flexibility index (Phi) is 8.08. The van der Waals surface area contributed by atoms with Crippen molar-refractivity contribution in [3.05, 3.63) is 100 Å². The van der Waals surface area contributed by atoms with Crippen LogP contribution in [0.4, 0.5) is 26.3 Å². The lowest BCUT2D eigenvalue weighted by atomic mass is 10.0. The molecule has 192 valence electrons. The Morgan fingerprint density at radius 2 is 1.50 bits per heavy atom. The first kappa shape index (κ1) is 26.8. The SMILES string of the molecule is CCCCCc1ccc(C#Cc2ccc(-c3cc(F)c4c(F)c(C#CC(F)(F)F)c(F)cc4c3)nc2)cc1. The van der Waals surface area contributed by atoms with E-state index in [0.29, 0.717) is 11.3 Å². The highest BCUT2D eigenvalue weighted by molar-refractivity contribution is 5.89. The average Bonchev–Trinajstić information content (AvgIpc) is 2.87. The highest BCUT2D eigenvalue weighted by Crippen LogP contribution is 2.31. The van der Waals surface area contributed by atoms with E-state index in [-0.39, 0.29) is 10.9 Å². The Bertz CT molecular complexity index is 1580. The summed E-state index contributed by atoms with van der Waals surface area (Å²) in [6.07, 6.45) is 1.12. The molecule has 0 aliphatic rings. The van der Waals surface area contributed by atoms with Crippen molar-refractivity contribution in [3.8, 4) is 34.9 Å². The van der Waals surface area contributed by atoms with Gasteiger partial charge in [-0.05, 0) is 66.3 Å². The molecule has 0 amide bonds. The van der Waals surface area contributed by atoms with Crippen LogP contribution >= 0.6 is 0 Å². The fraction of sp³-hybridized carbons (Fsp3) is 0.194. The van der Waals surface area contributed by atoms with Crippen LogP contribution < -0.4 is 0 Å². The van der Waals surface area contributed by atoms with Crippen molar-refractivity contribution in [2.45, 2.75) is 38.8 Å². The molecule has 0 bridgehead atoms. The molecule has 0 N–H and O–H groups in total. The number of benzene rings is 3. The van der Waals surface area contributed by atoms with Gasteiger partial charge in [-0.25, -0.2) is 13.2 Å². The number of nitrogens with zero attached hydrogens (tertiary/aromatic N) is 1. The monoisotopic (exact) mass is 521 g/mol. The molecule has 1 aromatic heterocycles. The molecule has 0 fully saturated rings.